The summed E-state index contributed by atoms with van der Waals surface area (Å²) < 4.78 is 79.2. The molecule has 29 nitrogen and oxygen atoms in total. The van der Waals surface area contributed by atoms with Crippen LogP contribution in [0, 0.1) is 17.5 Å². The average molecular weight is 1680 g/mol. The number of aliphatic hydroxyl groups is 3. The second kappa shape index (κ2) is 33.8. The summed E-state index contributed by atoms with van der Waals surface area (Å²) >= 11 is 0. The van der Waals surface area contributed by atoms with Crippen molar-refractivity contribution in [1.82, 2.24) is 52.8 Å². The fourth-order valence-corrected chi connectivity index (χ4v) is 15.3. The van der Waals surface area contributed by atoms with Gasteiger partial charge in [0.1, 0.15) is 79.6 Å². The van der Waals surface area contributed by atoms with Crippen LogP contribution in [0.4, 0.5) is 61.9 Å². The van der Waals surface area contributed by atoms with Gasteiger partial charge in [-0.3, -0.25) is 27.6 Å². The van der Waals surface area contributed by atoms with Gasteiger partial charge < -0.3 is 59.7 Å². The van der Waals surface area contributed by atoms with Crippen molar-refractivity contribution in [3.05, 3.63) is 238 Å². The highest BCUT2D eigenvalue weighted by molar-refractivity contribution is 6.14. The molecule has 0 aliphatic carbocycles. The van der Waals surface area contributed by atoms with Gasteiger partial charge in [0.05, 0.1) is 109 Å². The molecule has 14 heterocycles. The first kappa shape index (κ1) is 87.8. The summed E-state index contributed by atoms with van der Waals surface area (Å²) in [5.74, 6) is -1.82. The molecule has 6 N–H and O–H groups in total. The fourth-order valence-electron chi connectivity index (χ4n) is 15.3. The Hall–Kier alpha value is -13.0. The van der Waals surface area contributed by atoms with E-state index in [1.807, 2.05) is 42.5 Å². The highest BCUT2D eigenvalue weighted by Gasteiger charge is 2.44. The number of anilines is 6. The first-order chi connectivity index (χ1) is 57.1. The lowest BCUT2D eigenvalue weighted by Gasteiger charge is -2.23. The zero-order valence-corrected chi connectivity index (χ0v) is 66.9. The van der Waals surface area contributed by atoms with Gasteiger partial charge in [0.2, 0.25) is 0 Å². The third kappa shape index (κ3) is 17.6. The number of pyridine rings is 5. The van der Waals surface area contributed by atoms with E-state index in [0.717, 1.165) is 20.3 Å². The molecule has 3 atom stereocenters. The number of halogens is 3. The molecule has 123 heavy (non-hydrogen) atoms. The van der Waals surface area contributed by atoms with Crippen LogP contribution in [0.3, 0.4) is 0 Å². The van der Waals surface area contributed by atoms with Crippen LogP contribution in [0.5, 0.6) is 0 Å². The number of nitrogens with one attached hydrogen (secondary N) is 3. The number of rotatable bonds is 12. The second-order valence-electron chi connectivity index (χ2n) is 33.1. The van der Waals surface area contributed by atoms with E-state index in [4.69, 9.17) is 28.4 Å². The number of ether oxygens (including phenoxy) is 6. The lowest BCUT2D eigenvalue weighted by molar-refractivity contribution is 0.0227. The van der Waals surface area contributed by atoms with Gasteiger partial charge in [-0.05, 0) is 145 Å². The molecular weight excluding hydrogens is 1590 g/mol. The summed E-state index contributed by atoms with van der Waals surface area (Å²) in [4.78, 5) is 105. The first-order valence-electron chi connectivity index (χ1n) is 38.8. The molecule has 3 saturated heterocycles. The molecular formula is C91H97F3N14O15. The minimum atomic E-state index is -1.07. The Balaban J connectivity index is 0.000000157. The van der Waals surface area contributed by atoms with Crippen molar-refractivity contribution in [1.29, 1.82) is 0 Å². The Morgan fingerprint density at radius 1 is 0.398 bits per heavy atom. The minimum absolute atomic E-state index is 0. The van der Waals surface area contributed by atoms with Crippen LogP contribution in [0.25, 0.3) is 50.7 Å². The van der Waals surface area contributed by atoms with Gasteiger partial charge in [0.15, 0.2) is 0 Å². The highest BCUT2D eigenvalue weighted by atomic mass is 19.1. The molecule has 8 aromatic heterocycles. The monoisotopic (exact) mass is 1680 g/mol. The summed E-state index contributed by atoms with van der Waals surface area (Å²) in [6.07, 6.45) is 12.0. The minimum Gasteiger partial charge on any atom is -0.443 e. The number of benzene rings is 4. The number of fused-ring (bicyclic) bond motifs is 6. The number of imidazole rings is 3. The standard InChI is InChI=1S/C30H29FN4O5.2C29H28FN5O5.3CH4/c1-29(2,3)40-28(37)35-16-22-21(24-15-32-25-14-19(31)10-12-34(24)25)8-9-23(26(22)27(35)36)33-20-6-4-18(5-7-20)30(38)11-13-39-17-30;2*1-28(2,3)40-27(37)35-15-20-19(22-14-32-24-12-18(30)8-10-34(22)24)5-6-21(25(20)26(35)36)33-23-7-4-17(13-31-23)29(38)9-11-39-16-29;;;/h4-10,12,14-15,33,38H,11,13,16-17H2,1-3H3;2*4-8,10,12-14,38H,9,11,15-16H2,1-3H3,(H,31,33);3*1H4/t;2*29-;;;/m.10.../s1. The molecule has 6 aliphatic heterocycles. The van der Waals surface area contributed by atoms with Gasteiger partial charge in [-0.15, -0.1) is 0 Å². The largest absolute Gasteiger partial charge is 0.443 e. The van der Waals surface area contributed by atoms with Crippen LogP contribution >= 0.6 is 0 Å². The number of hydrogen-bond donors (Lipinski definition) is 6. The number of nitrogens with zero attached hydrogens (tertiary/aromatic N) is 11. The van der Waals surface area contributed by atoms with Crippen molar-refractivity contribution in [2.45, 2.75) is 157 Å². The van der Waals surface area contributed by atoms with E-state index in [9.17, 15) is 57.3 Å². The van der Waals surface area contributed by atoms with Gasteiger partial charge >= 0.3 is 18.3 Å². The Labute approximate surface area is 707 Å². The number of hydrogen-bond acceptors (Lipinski definition) is 23. The molecule has 642 valence electrons. The third-order valence-electron chi connectivity index (χ3n) is 21.2. The van der Waals surface area contributed by atoms with Crippen LogP contribution in [0.15, 0.2) is 171 Å². The van der Waals surface area contributed by atoms with E-state index in [1.165, 1.54) is 36.4 Å². The van der Waals surface area contributed by atoms with Gasteiger partial charge in [0, 0.05) is 122 Å². The van der Waals surface area contributed by atoms with Gasteiger partial charge in [-0.1, -0.05) is 64.7 Å². The zero-order valence-electron chi connectivity index (χ0n) is 66.9. The van der Waals surface area contributed by atoms with Crippen LogP contribution in [-0.2, 0) is 64.9 Å². The summed E-state index contributed by atoms with van der Waals surface area (Å²) in [6, 6.07) is 33.0. The van der Waals surface area contributed by atoms with Crippen LogP contribution in [-0.4, -0.2) is 161 Å². The smallest absolute Gasteiger partial charge is 0.417 e. The Bertz CT molecular complexity index is 5490. The number of imide groups is 3. The van der Waals surface area contributed by atoms with Crippen molar-refractivity contribution in [3.63, 3.8) is 0 Å². The van der Waals surface area contributed by atoms with Gasteiger partial charge in [-0.2, -0.15) is 0 Å². The van der Waals surface area contributed by atoms with E-state index < -0.39 is 87.1 Å². The van der Waals surface area contributed by atoms with Gasteiger partial charge in [0.25, 0.3) is 17.7 Å². The Morgan fingerprint density at radius 2 is 0.699 bits per heavy atom. The second-order valence-corrected chi connectivity index (χ2v) is 33.1. The maximum atomic E-state index is 13.8. The topological polar surface area (TPSA) is 342 Å². The number of aromatic nitrogens is 8. The summed E-state index contributed by atoms with van der Waals surface area (Å²) in [5, 5.41) is 42.0. The van der Waals surface area contributed by atoms with Crippen molar-refractivity contribution >= 4 is 87.3 Å². The maximum absolute atomic E-state index is 13.8. The van der Waals surface area contributed by atoms with Crippen molar-refractivity contribution < 1.29 is 85.7 Å². The molecule has 0 spiro atoms. The number of carbonyl (C=O) groups is 6. The van der Waals surface area contributed by atoms with E-state index in [-0.39, 0.29) is 61.7 Å². The molecule has 12 aromatic rings. The SMILES string of the molecule is C.C.C.CC(C)(C)OC(=O)N1Cc2c(-c3cnc4cc(F)ccn34)ccc(Nc3ccc(C4(O)CCOC4)cc3)c2C1=O.CC(C)(C)OC(=O)N1Cc2c(-c3cnc4cc(F)ccn34)ccc(Nc3ccc([C@@]4(O)CCOC4)cn3)c2C1=O.CC(C)(C)OC(=O)N1Cc2c(-c3cnc4cc(F)ccn34)ccc(Nc3ccc([C@]4(O)CCOC4)cn3)c2C1=O. The van der Waals surface area contributed by atoms with Crippen LogP contribution in [0.2, 0.25) is 0 Å². The lowest BCUT2D eigenvalue weighted by Crippen LogP contribution is -2.37. The molecule has 6 amide bonds. The molecule has 0 radical (unpaired) electrons. The Morgan fingerprint density at radius 3 is 0.984 bits per heavy atom. The van der Waals surface area contributed by atoms with Crippen molar-refractivity contribution in [2.24, 2.45) is 0 Å². The van der Waals surface area contributed by atoms with Crippen molar-refractivity contribution in [3.8, 4) is 33.8 Å². The predicted molar refractivity (Wildman–Crippen MR) is 453 cm³/mol. The Kier molecular flexibility index (Phi) is 24.1. The van der Waals surface area contributed by atoms with Crippen LogP contribution < -0.4 is 16.0 Å². The molecule has 32 heteroatoms. The van der Waals surface area contributed by atoms with E-state index >= 15 is 0 Å². The summed E-state index contributed by atoms with van der Waals surface area (Å²) in [6.45, 7) is 17.8. The summed E-state index contributed by atoms with van der Waals surface area (Å²) in [5.41, 5.74) is 6.67. The van der Waals surface area contributed by atoms with Crippen LogP contribution in [0.1, 0.15) is 168 Å². The maximum Gasteiger partial charge on any atom is 0.417 e. The molecule has 0 bridgehead atoms. The predicted octanol–water partition coefficient (Wildman–Crippen LogP) is 16.8. The van der Waals surface area contributed by atoms with E-state index in [1.54, 1.807) is 168 Å². The molecule has 1 unspecified atom stereocenters. The third-order valence-corrected chi connectivity index (χ3v) is 21.2. The molecule has 6 aliphatic rings. The molecule has 0 saturated carbocycles. The van der Waals surface area contributed by atoms with Gasteiger partial charge in [-0.25, -0.2) is 67.2 Å². The normalized spacial score (nSPS) is 18.4. The number of amides is 6. The average Bonchev–Trinajstić information content (AvgIpc) is 1.60. The quantitative estimate of drug-likeness (QED) is 0.0619. The summed E-state index contributed by atoms with van der Waals surface area (Å²) in [7, 11) is 0. The van der Waals surface area contributed by atoms with E-state index in [2.05, 4.69) is 40.9 Å². The fraction of sp³-hybridized carbons (Fsp3) is 0.330. The van der Waals surface area contributed by atoms with Crippen molar-refractivity contribution in [2.75, 3.05) is 55.6 Å². The molecule has 4 aromatic carbocycles. The van der Waals surface area contributed by atoms with E-state index in [0.29, 0.717) is 169 Å². The highest BCUT2D eigenvalue weighted by Crippen LogP contribution is 2.45. The number of carbonyl (C=O) groups excluding carboxylic acids is 6. The molecule has 18 rings (SSSR count). The first-order valence-corrected chi connectivity index (χ1v) is 38.8. The molecule has 3 fully saturated rings. The zero-order chi connectivity index (χ0) is 84.7. The lowest BCUT2D eigenvalue weighted by atomic mass is 9.93.